The molecule has 0 radical (unpaired) electrons. The highest BCUT2D eigenvalue weighted by molar-refractivity contribution is 8.08. The van der Waals surface area contributed by atoms with Gasteiger partial charge in [0.2, 0.25) is 0 Å². The molecule has 1 heterocycles. The Kier molecular flexibility index (Phi) is 2.45. The smallest absolute Gasteiger partial charge is 0.0108 e. The minimum atomic E-state index is 0.737. The zero-order valence-corrected chi connectivity index (χ0v) is 8.90. The Bertz CT molecular complexity index is 339. The Morgan fingerprint density at radius 1 is 1.38 bits per heavy atom. The Labute approximate surface area is 84.0 Å². The third-order valence-electron chi connectivity index (χ3n) is 2.24. The van der Waals surface area contributed by atoms with Crippen LogP contribution in [0.5, 0.6) is 0 Å². The number of hydrogen-bond acceptors (Lipinski definition) is 1. The maximum atomic E-state index is 2.37. The van der Waals surface area contributed by atoms with E-state index in [0.717, 1.165) is 5.92 Å². The fourth-order valence-corrected chi connectivity index (χ4v) is 2.71. The van der Waals surface area contributed by atoms with E-state index in [1.54, 1.807) is 0 Å². The first-order valence-electron chi connectivity index (χ1n) is 4.67. The van der Waals surface area contributed by atoms with Crippen molar-refractivity contribution in [3.05, 3.63) is 41.5 Å². The summed E-state index contributed by atoms with van der Waals surface area (Å²) in [7, 11) is 0. The Hall–Kier alpha value is -0.690. The lowest BCUT2D eigenvalue weighted by molar-refractivity contribution is 0.862. The molecule has 1 atom stereocenters. The molecule has 0 nitrogen and oxygen atoms in total. The lowest BCUT2D eigenvalue weighted by atomic mass is 10.1. The van der Waals surface area contributed by atoms with Crippen molar-refractivity contribution in [2.45, 2.75) is 13.8 Å². The van der Waals surface area contributed by atoms with Crippen molar-refractivity contribution >= 4 is 16.7 Å². The number of benzene rings is 1. The van der Waals surface area contributed by atoms with Gasteiger partial charge in [-0.05, 0) is 18.4 Å². The first-order chi connectivity index (χ1) is 6.25. The molecule has 68 valence electrons. The fraction of sp³-hybridized carbons (Fsp3) is 0.333. The molecule has 1 aromatic carbocycles. The van der Waals surface area contributed by atoms with Crippen LogP contribution in [0.3, 0.4) is 0 Å². The summed E-state index contributed by atoms with van der Waals surface area (Å²) in [5, 5.41) is 0. The van der Waals surface area contributed by atoms with E-state index in [4.69, 9.17) is 0 Å². The third-order valence-corrected chi connectivity index (χ3v) is 3.62. The van der Waals surface area contributed by atoms with E-state index < -0.39 is 0 Å². The summed E-state index contributed by atoms with van der Waals surface area (Å²) in [6, 6.07) is 8.74. The van der Waals surface area contributed by atoms with Crippen LogP contribution in [0.2, 0.25) is 0 Å². The van der Waals surface area contributed by atoms with Gasteiger partial charge >= 0.3 is 0 Å². The molecule has 0 fully saturated rings. The Morgan fingerprint density at radius 2 is 2.23 bits per heavy atom. The quantitative estimate of drug-likeness (QED) is 0.650. The minimum Gasteiger partial charge on any atom is -0.125 e. The largest absolute Gasteiger partial charge is 0.125 e. The van der Waals surface area contributed by atoms with Crippen LogP contribution < -0.4 is 0 Å². The predicted molar refractivity (Wildman–Crippen MR) is 60.8 cm³/mol. The first kappa shape index (κ1) is 8.89. The number of rotatable bonds is 1. The van der Waals surface area contributed by atoms with E-state index in [1.807, 2.05) is 11.8 Å². The van der Waals surface area contributed by atoms with Gasteiger partial charge in [0.1, 0.15) is 0 Å². The summed E-state index contributed by atoms with van der Waals surface area (Å²) in [6.07, 6.45) is 2.37. The summed E-state index contributed by atoms with van der Waals surface area (Å²) in [4.78, 5) is 1.45. The van der Waals surface area contributed by atoms with Gasteiger partial charge in [-0.2, -0.15) is 0 Å². The zero-order chi connectivity index (χ0) is 9.26. The fourth-order valence-electron chi connectivity index (χ4n) is 1.55. The highest BCUT2D eigenvalue weighted by atomic mass is 32.2. The lowest BCUT2D eigenvalue weighted by Gasteiger charge is -2.01. The van der Waals surface area contributed by atoms with Crippen LogP contribution >= 0.6 is 11.8 Å². The van der Waals surface area contributed by atoms with Crippen molar-refractivity contribution in [1.82, 2.24) is 0 Å². The molecule has 0 aromatic heterocycles. The van der Waals surface area contributed by atoms with Gasteiger partial charge in [0.05, 0.1) is 0 Å². The molecule has 1 unspecified atom stereocenters. The molecule has 0 bridgehead atoms. The van der Waals surface area contributed by atoms with Gasteiger partial charge in [-0.1, -0.05) is 42.8 Å². The Balaban J connectivity index is 2.31. The van der Waals surface area contributed by atoms with Crippen LogP contribution in [0.1, 0.15) is 18.1 Å². The molecule has 0 amide bonds. The van der Waals surface area contributed by atoms with Crippen LogP contribution in [-0.2, 0) is 0 Å². The summed E-state index contributed by atoms with van der Waals surface area (Å²) >= 11 is 1.97. The van der Waals surface area contributed by atoms with Gasteiger partial charge in [-0.15, -0.1) is 11.8 Å². The maximum absolute atomic E-state index is 2.37. The van der Waals surface area contributed by atoms with Gasteiger partial charge in [0.15, 0.2) is 0 Å². The molecular weight excluding hydrogens is 176 g/mol. The van der Waals surface area contributed by atoms with E-state index in [9.17, 15) is 0 Å². The van der Waals surface area contributed by atoms with Crippen molar-refractivity contribution in [2.24, 2.45) is 5.92 Å². The molecule has 1 heteroatoms. The molecule has 0 spiro atoms. The van der Waals surface area contributed by atoms with Crippen LogP contribution in [-0.4, -0.2) is 5.75 Å². The van der Waals surface area contributed by atoms with E-state index in [2.05, 4.69) is 44.2 Å². The summed E-state index contributed by atoms with van der Waals surface area (Å²) < 4.78 is 0. The summed E-state index contributed by atoms with van der Waals surface area (Å²) in [6.45, 7) is 4.42. The molecule has 0 saturated carbocycles. The van der Waals surface area contributed by atoms with Crippen LogP contribution in [0, 0.1) is 12.8 Å². The predicted octanol–water partition coefficient (Wildman–Crippen LogP) is 3.72. The standard InChI is InChI=1S/C12H14S/c1-9-4-3-5-11(6-9)12-7-10(2)8-13-12/h3-7,10H,8H2,1-2H3. The maximum Gasteiger partial charge on any atom is 0.0108 e. The van der Waals surface area contributed by atoms with Gasteiger partial charge in [0.25, 0.3) is 0 Å². The van der Waals surface area contributed by atoms with E-state index in [-0.39, 0.29) is 0 Å². The molecule has 1 aliphatic heterocycles. The number of thioether (sulfide) groups is 1. The average molecular weight is 190 g/mol. The van der Waals surface area contributed by atoms with Crippen LogP contribution in [0.4, 0.5) is 0 Å². The van der Waals surface area contributed by atoms with E-state index >= 15 is 0 Å². The van der Waals surface area contributed by atoms with Gasteiger partial charge in [0, 0.05) is 10.7 Å². The highest BCUT2D eigenvalue weighted by Crippen LogP contribution is 2.36. The second-order valence-corrected chi connectivity index (χ2v) is 4.75. The monoisotopic (exact) mass is 190 g/mol. The summed E-state index contributed by atoms with van der Waals surface area (Å²) in [5.74, 6) is 1.98. The van der Waals surface area contributed by atoms with Gasteiger partial charge < -0.3 is 0 Å². The minimum absolute atomic E-state index is 0.737. The first-order valence-corrected chi connectivity index (χ1v) is 5.66. The molecule has 0 N–H and O–H groups in total. The molecule has 1 aliphatic rings. The number of allylic oxidation sites excluding steroid dienone is 1. The van der Waals surface area contributed by atoms with Crippen molar-refractivity contribution < 1.29 is 0 Å². The zero-order valence-electron chi connectivity index (χ0n) is 8.08. The number of aryl methyl sites for hydroxylation is 1. The van der Waals surface area contributed by atoms with E-state index in [0.29, 0.717) is 0 Å². The van der Waals surface area contributed by atoms with E-state index in [1.165, 1.54) is 21.8 Å². The third kappa shape index (κ3) is 1.97. The molecule has 0 saturated heterocycles. The van der Waals surface area contributed by atoms with Crippen LogP contribution in [0.25, 0.3) is 4.91 Å². The lowest BCUT2D eigenvalue weighted by Crippen LogP contribution is -1.83. The van der Waals surface area contributed by atoms with Gasteiger partial charge in [-0.25, -0.2) is 0 Å². The van der Waals surface area contributed by atoms with Crippen molar-refractivity contribution in [2.75, 3.05) is 5.75 Å². The molecule has 13 heavy (non-hydrogen) atoms. The average Bonchev–Trinajstić information content (AvgIpc) is 2.52. The normalized spacial score (nSPS) is 21.7. The molecule has 1 aromatic rings. The second-order valence-electron chi connectivity index (χ2n) is 3.69. The van der Waals surface area contributed by atoms with Crippen molar-refractivity contribution in [1.29, 1.82) is 0 Å². The topological polar surface area (TPSA) is 0 Å². The van der Waals surface area contributed by atoms with Crippen molar-refractivity contribution in [3.8, 4) is 0 Å². The SMILES string of the molecule is Cc1cccc(C2=CC(C)CS2)c1. The second kappa shape index (κ2) is 3.59. The number of hydrogen-bond donors (Lipinski definition) is 0. The molecule has 2 rings (SSSR count). The van der Waals surface area contributed by atoms with Crippen molar-refractivity contribution in [3.63, 3.8) is 0 Å². The molecular formula is C12H14S. The van der Waals surface area contributed by atoms with Gasteiger partial charge in [-0.3, -0.25) is 0 Å². The Morgan fingerprint density at radius 3 is 2.85 bits per heavy atom. The highest BCUT2D eigenvalue weighted by Gasteiger charge is 2.13. The van der Waals surface area contributed by atoms with Crippen LogP contribution in [0.15, 0.2) is 30.3 Å². The summed E-state index contributed by atoms with van der Waals surface area (Å²) in [5.41, 5.74) is 2.73. The molecule has 0 aliphatic carbocycles.